The molecule has 5 nitrogen and oxygen atoms in total. The molecule has 0 spiro atoms. The minimum Gasteiger partial charge on any atom is -0.497 e. The fourth-order valence-electron chi connectivity index (χ4n) is 2.41. The van der Waals surface area contributed by atoms with Gasteiger partial charge in [0.1, 0.15) is 17.2 Å². The topological polar surface area (TPSA) is 61.8 Å². The number of benzene rings is 3. The van der Waals surface area contributed by atoms with Crippen molar-refractivity contribution < 1.29 is 23.8 Å². The molecular formula is C25H18O5. The summed E-state index contributed by atoms with van der Waals surface area (Å²) in [6.45, 7) is 3.33. The van der Waals surface area contributed by atoms with Crippen molar-refractivity contribution in [2.24, 2.45) is 0 Å². The van der Waals surface area contributed by atoms with E-state index in [1.54, 1.807) is 31.4 Å². The summed E-state index contributed by atoms with van der Waals surface area (Å²) < 4.78 is 15.5. The van der Waals surface area contributed by atoms with E-state index < -0.39 is 11.9 Å². The van der Waals surface area contributed by atoms with Crippen LogP contribution in [0, 0.1) is 11.8 Å². The maximum absolute atomic E-state index is 12.3. The summed E-state index contributed by atoms with van der Waals surface area (Å²) in [5.41, 5.74) is 1.99. The predicted octanol–water partition coefficient (Wildman–Crippen LogP) is 4.41. The van der Waals surface area contributed by atoms with E-state index in [0.29, 0.717) is 17.1 Å². The van der Waals surface area contributed by atoms with E-state index in [4.69, 9.17) is 14.2 Å². The van der Waals surface area contributed by atoms with E-state index in [1.165, 1.54) is 24.3 Å². The average molecular weight is 398 g/mol. The van der Waals surface area contributed by atoms with Gasteiger partial charge in [0.15, 0.2) is 0 Å². The van der Waals surface area contributed by atoms with Crippen LogP contribution >= 0.6 is 0 Å². The van der Waals surface area contributed by atoms with Crippen molar-refractivity contribution in [3.8, 4) is 29.1 Å². The van der Waals surface area contributed by atoms with Crippen molar-refractivity contribution >= 4 is 11.9 Å². The van der Waals surface area contributed by atoms with Crippen LogP contribution in [0.5, 0.6) is 17.2 Å². The zero-order valence-corrected chi connectivity index (χ0v) is 16.3. The molecule has 0 aliphatic heterocycles. The summed E-state index contributed by atoms with van der Waals surface area (Å²) in [5, 5.41) is 0. The Morgan fingerprint density at radius 1 is 0.733 bits per heavy atom. The predicted molar refractivity (Wildman–Crippen MR) is 113 cm³/mol. The highest BCUT2D eigenvalue weighted by Crippen LogP contribution is 2.17. The zero-order chi connectivity index (χ0) is 21.3. The quantitative estimate of drug-likeness (QED) is 0.276. The molecule has 30 heavy (non-hydrogen) atoms. The first-order valence-electron chi connectivity index (χ1n) is 9.00. The second-order valence-electron chi connectivity index (χ2n) is 6.04. The third-order valence-electron chi connectivity index (χ3n) is 3.98. The Morgan fingerprint density at radius 2 is 1.20 bits per heavy atom. The molecule has 148 valence electrons. The molecule has 0 atom stereocenters. The van der Waals surface area contributed by atoms with Crippen LogP contribution in [-0.4, -0.2) is 19.0 Å². The molecule has 0 bridgehead atoms. The van der Waals surface area contributed by atoms with Gasteiger partial charge in [-0.1, -0.05) is 18.4 Å². The third-order valence-corrected chi connectivity index (χ3v) is 3.98. The summed E-state index contributed by atoms with van der Waals surface area (Å²) in [5.74, 6) is 6.53. The summed E-state index contributed by atoms with van der Waals surface area (Å²) in [6, 6.07) is 20.4. The number of hydrogen-bond acceptors (Lipinski definition) is 5. The number of hydrogen-bond donors (Lipinski definition) is 0. The van der Waals surface area contributed by atoms with Gasteiger partial charge in [0.2, 0.25) is 0 Å². The van der Waals surface area contributed by atoms with Crippen molar-refractivity contribution in [3.05, 3.63) is 102 Å². The Bertz CT molecular complexity index is 1100. The molecular weight excluding hydrogens is 380 g/mol. The maximum atomic E-state index is 12.3. The van der Waals surface area contributed by atoms with E-state index in [1.807, 2.05) is 24.3 Å². The van der Waals surface area contributed by atoms with Crippen molar-refractivity contribution in [2.75, 3.05) is 7.11 Å². The van der Waals surface area contributed by atoms with Crippen molar-refractivity contribution in [3.63, 3.8) is 0 Å². The molecule has 0 saturated carbocycles. The van der Waals surface area contributed by atoms with Crippen LogP contribution in [0.1, 0.15) is 21.5 Å². The Labute approximate surface area is 174 Å². The molecule has 0 saturated heterocycles. The first kappa shape index (κ1) is 20.4. The van der Waals surface area contributed by atoms with Gasteiger partial charge >= 0.3 is 11.9 Å². The number of carbonyl (C=O) groups is 2. The second kappa shape index (κ2) is 9.76. The van der Waals surface area contributed by atoms with E-state index in [9.17, 15) is 9.59 Å². The fraction of sp³-hybridized carbons (Fsp3) is 0.0400. The van der Waals surface area contributed by atoms with Gasteiger partial charge in [-0.2, -0.15) is 0 Å². The van der Waals surface area contributed by atoms with Gasteiger partial charge in [-0.25, -0.2) is 9.59 Å². The van der Waals surface area contributed by atoms with Gasteiger partial charge in [0.25, 0.3) is 0 Å². The first-order valence-corrected chi connectivity index (χ1v) is 9.00. The fourth-order valence-corrected chi connectivity index (χ4v) is 2.41. The lowest BCUT2D eigenvalue weighted by molar-refractivity contribution is -0.128. The van der Waals surface area contributed by atoms with Gasteiger partial charge < -0.3 is 14.2 Å². The summed E-state index contributed by atoms with van der Waals surface area (Å²) >= 11 is 0. The van der Waals surface area contributed by atoms with Gasteiger partial charge in [-0.05, 0) is 72.8 Å². The molecule has 0 heterocycles. The molecule has 0 unspecified atom stereocenters. The highest BCUT2D eigenvalue weighted by molar-refractivity contribution is 5.91. The maximum Gasteiger partial charge on any atom is 0.343 e. The monoisotopic (exact) mass is 398 g/mol. The number of rotatable bonds is 5. The first-order chi connectivity index (χ1) is 14.6. The van der Waals surface area contributed by atoms with Gasteiger partial charge in [-0.3, -0.25) is 0 Å². The molecule has 0 amide bonds. The van der Waals surface area contributed by atoms with E-state index in [-0.39, 0.29) is 0 Å². The Kier molecular flexibility index (Phi) is 6.65. The molecule has 3 aromatic carbocycles. The SMILES string of the molecule is C=CC(=O)Oc1ccc(C(=O)Oc2ccc(C#Cc3ccc(OC)cc3)cc2)cc1. The normalized spacial score (nSPS) is 9.63. The molecule has 5 heteroatoms. The van der Waals surface area contributed by atoms with Crippen molar-refractivity contribution in [1.82, 2.24) is 0 Å². The molecule has 0 aromatic heterocycles. The largest absolute Gasteiger partial charge is 0.497 e. The Balaban J connectivity index is 1.61. The summed E-state index contributed by atoms with van der Waals surface area (Å²) in [6.07, 6.45) is 1.06. The van der Waals surface area contributed by atoms with Crippen molar-refractivity contribution in [1.29, 1.82) is 0 Å². The highest BCUT2D eigenvalue weighted by Gasteiger charge is 2.09. The standard InChI is InChI=1S/C25H18O5/c1-3-24(26)29-22-16-10-20(11-17-22)25(27)30-23-14-8-19(9-15-23)5-4-18-6-12-21(28-2)13-7-18/h3,6-17H,1H2,2H3. The average Bonchev–Trinajstić information content (AvgIpc) is 2.79. The lowest BCUT2D eigenvalue weighted by atomic mass is 10.1. The van der Waals surface area contributed by atoms with Crippen LogP contribution < -0.4 is 14.2 Å². The van der Waals surface area contributed by atoms with Gasteiger partial charge in [0.05, 0.1) is 12.7 Å². The van der Waals surface area contributed by atoms with Crippen LogP contribution in [0.2, 0.25) is 0 Å². The molecule has 0 radical (unpaired) electrons. The van der Waals surface area contributed by atoms with Crippen LogP contribution in [0.15, 0.2) is 85.5 Å². The molecule has 0 aliphatic rings. The number of ether oxygens (including phenoxy) is 3. The molecule has 0 aliphatic carbocycles. The van der Waals surface area contributed by atoms with E-state index >= 15 is 0 Å². The van der Waals surface area contributed by atoms with Crippen molar-refractivity contribution in [2.45, 2.75) is 0 Å². The molecule has 3 aromatic rings. The van der Waals surface area contributed by atoms with Gasteiger partial charge in [0, 0.05) is 17.2 Å². The summed E-state index contributed by atoms with van der Waals surface area (Å²) in [7, 11) is 1.62. The minimum absolute atomic E-state index is 0.316. The number of esters is 2. The smallest absolute Gasteiger partial charge is 0.343 e. The second-order valence-corrected chi connectivity index (χ2v) is 6.04. The molecule has 0 fully saturated rings. The minimum atomic E-state index is -0.569. The lowest BCUT2D eigenvalue weighted by Gasteiger charge is -2.05. The molecule has 0 N–H and O–H groups in total. The van der Waals surface area contributed by atoms with E-state index in [2.05, 4.69) is 18.4 Å². The number of methoxy groups -OCH3 is 1. The van der Waals surface area contributed by atoms with Crippen LogP contribution in [0.25, 0.3) is 0 Å². The lowest BCUT2D eigenvalue weighted by Crippen LogP contribution is -2.09. The zero-order valence-electron chi connectivity index (χ0n) is 16.3. The van der Waals surface area contributed by atoms with Crippen LogP contribution in [0.4, 0.5) is 0 Å². The van der Waals surface area contributed by atoms with E-state index in [0.717, 1.165) is 23.0 Å². The Morgan fingerprint density at radius 3 is 1.70 bits per heavy atom. The number of carbonyl (C=O) groups excluding carboxylic acids is 2. The van der Waals surface area contributed by atoms with Crippen LogP contribution in [0.3, 0.4) is 0 Å². The highest BCUT2D eigenvalue weighted by atomic mass is 16.5. The third kappa shape index (κ3) is 5.60. The Hall–Kier alpha value is -4.30. The summed E-state index contributed by atoms with van der Waals surface area (Å²) in [4.78, 5) is 23.4. The van der Waals surface area contributed by atoms with Gasteiger partial charge in [-0.15, -0.1) is 0 Å². The molecule has 3 rings (SSSR count). The van der Waals surface area contributed by atoms with Crippen LogP contribution in [-0.2, 0) is 4.79 Å².